The second kappa shape index (κ2) is 7.65. The standard InChI is InChI=1S/C15H25ClN2/c1-5-9-17-10-13-7-6-8-14(16)15(13)18(4)11-12(2)3/h6-8,12,17H,5,9-11H2,1-4H3. The molecule has 18 heavy (non-hydrogen) atoms. The molecule has 0 aliphatic rings. The van der Waals surface area contributed by atoms with Gasteiger partial charge in [-0.2, -0.15) is 0 Å². The highest BCUT2D eigenvalue weighted by atomic mass is 35.5. The molecule has 2 nitrogen and oxygen atoms in total. The first-order valence-electron chi connectivity index (χ1n) is 6.75. The Morgan fingerprint density at radius 3 is 2.67 bits per heavy atom. The van der Waals surface area contributed by atoms with Crippen LogP contribution in [0.1, 0.15) is 32.8 Å². The molecule has 0 heterocycles. The van der Waals surface area contributed by atoms with Gasteiger partial charge in [-0.05, 0) is 30.5 Å². The summed E-state index contributed by atoms with van der Waals surface area (Å²) in [6.45, 7) is 9.57. The fourth-order valence-electron chi connectivity index (χ4n) is 2.17. The monoisotopic (exact) mass is 268 g/mol. The number of nitrogens with zero attached hydrogens (tertiary/aromatic N) is 1. The van der Waals surface area contributed by atoms with Crippen LogP contribution >= 0.6 is 11.6 Å². The van der Waals surface area contributed by atoms with E-state index in [0.29, 0.717) is 5.92 Å². The minimum absolute atomic E-state index is 0.628. The normalized spacial score (nSPS) is 11.0. The summed E-state index contributed by atoms with van der Waals surface area (Å²) in [7, 11) is 2.12. The third-order valence-electron chi connectivity index (χ3n) is 2.83. The summed E-state index contributed by atoms with van der Waals surface area (Å²) in [6, 6.07) is 6.15. The lowest BCUT2D eigenvalue weighted by atomic mass is 10.1. The number of benzene rings is 1. The predicted octanol–water partition coefficient (Wildman–Crippen LogP) is 3.93. The first-order chi connectivity index (χ1) is 8.56. The topological polar surface area (TPSA) is 15.3 Å². The summed E-state index contributed by atoms with van der Waals surface area (Å²) in [5.74, 6) is 0.628. The molecule has 0 saturated carbocycles. The molecule has 0 atom stereocenters. The van der Waals surface area contributed by atoms with Gasteiger partial charge in [0.05, 0.1) is 10.7 Å². The van der Waals surface area contributed by atoms with E-state index >= 15 is 0 Å². The van der Waals surface area contributed by atoms with Gasteiger partial charge in [0, 0.05) is 20.1 Å². The Bertz CT molecular complexity index is 364. The lowest BCUT2D eigenvalue weighted by molar-refractivity contribution is 0.632. The zero-order valence-corrected chi connectivity index (χ0v) is 12.7. The van der Waals surface area contributed by atoms with E-state index in [2.05, 4.69) is 44.1 Å². The van der Waals surface area contributed by atoms with Gasteiger partial charge in [-0.1, -0.05) is 44.5 Å². The Morgan fingerprint density at radius 1 is 1.33 bits per heavy atom. The first-order valence-corrected chi connectivity index (χ1v) is 7.13. The van der Waals surface area contributed by atoms with Crippen molar-refractivity contribution in [2.45, 2.75) is 33.7 Å². The van der Waals surface area contributed by atoms with E-state index in [0.717, 1.165) is 36.8 Å². The van der Waals surface area contributed by atoms with Crippen molar-refractivity contribution in [1.29, 1.82) is 0 Å². The molecule has 0 aromatic heterocycles. The van der Waals surface area contributed by atoms with Crippen molar-refractivity contribution < 1.29 is 0 Å². The molecule has 102 valence electrons. The molecule has 0 fully saturated rings. The highest BCUT2D eigenvalue weighted by molar-refractivity contribution is 6.33. The maximum Gasteiger partial charge on any atom is 0.0642 e. The molecule has 1 N–H and O–H groups in total. The molecule has 0 aliphatic heterocycles. The van der Waals surface area contributed by atoms with Crippen LogP contribution in [-0.4, -0.2) is 20.1 Å². The molecule has 0 radical (unpaired) electrons. The van der Waals surface area contributed by atoms with Gasteiger partial charge in [0.15, 0.2) is 0 Å². The van der Waals surface area contributed by atoms with Crippen molar-refractivity contribution in [2.75, 3.05) is 25.0 Å². The van der Waals surface area contributed by atoms with Gasteiger partial charge in [-0.15, -0.1) is 0 Å². The third kappa shape index (κ3) is 4.51. The van der Waals surface area contributed by atoms with Gasteiger partial charge in [-0.3, -0.25) is 0 Å². The van der Waals surface area contributed by atoms with Crippen LogP contribution in [0.2, 0.25) is 5.02 Å². The lowest BCUT2D eigenvalue weighted by Crippen LogP contribution is -2.25. The summed E-state index contributed by atoms with van der Waals surface area (Å²) in [4.78, 5) is 2.26. The van der Waals surface area contributed by atoms with Crippen molar-refractivity contribution in [2.24, 2.45) is 5.92 Å². The van der Waals surface area contributed by atoms with E-state index in [9.17, 15) is 0 Å². The second-order valence-electron chi connectivity index (χ2n) is 5.20. The summed E-state index contributed by atoms with van der Waals surface area (Å²) in [6.07, 6.45) is 1.15. The summed E-state index contributed by atoms with van der Waals surface area (Å²) in [5.41, 5.74) is 2.44. The number of hydrogen-bond donors (Lipinski definition) is 1. The summed E-state index contributed by atoms with van der Waals surface area (Å²) in [5, 5.41) is 4.28. The summed E-state index contributed by atoms with van der Waals surface area (Å²) >= 11 is 6.35. The van der Waals surface area contributed by atoms with Gasteiger partial charge in [0.25, 0.3) is 0 Å². The van der Waals surface area contributed by atoms with E-state index in [1.165, 1.54) is 5.56 Å². The van der Waals surface area contributed by atoms with E-state index in [1.54, 1.807) is 0 Å². The van der Waals surface area contributed by atoms with Gasteiger partial charge in [-0.25, -0.2) is 0 Å². The molecule has 0 spiro atoms. The number of anilines is 1. The van der Waals surface area contributed by atoms with Crippen LogP contribution in [0.3, 0.4) is 0 Å². The molecule has 0 aliphatic carbocycles. The zero-order chi connectivity index (χ0) is 13.5. The third-order valence-corrected chi connectivity index (χ3v) is 3.14. The van der Waals surface area contributed by atoms with Crippen molar-refractivity contribution in [3.8, 4) is 0 Å². The number of halogens is 1. The predicted molar refractivity (Wildman–Crippen MR) is 81.6 cm³/mol. The van der Waals surface area contributed by atoms with Gasteiger partial charge in [0.2, 0.25) is 0 Å². The average Bonchev–Trinajstić information content (AvgIpc) is 2.28. The van der Waals surface area contributed by atoms with Crippen LogP contribution in [0, 0.1) is 5.92 Å². The Hall–Kier alpha value is -0.730. The Labute approximate surface area is 116 Å². The molecule has 0 saturated heterocycles. The maximum absolute atomic E-state index is 6.35. The molecule has 0 bridgehead atoms. The van der Waals surface area contributed by atoms with Crippen molar-refractivity contribution in [3.63, 3.8) is 0 Å². The number of nitrogens with one attached hydrogen (secondary N) is 1. The smallest absolute Gasteiger partial charge is 0.0642 e. The Morgan fingerprint density at radius 2 is 2.06 bits per heavy atom. The highest BCUT2D eigenvalue weighted by Gasteiger charge is 2.12. The van der Waals surface area contributed by atoms with Crippen LogP contribution in [0.4, 0.5) is 5.69 Å². The second-order valence-corrected chi connectivity index (χ2v) is 5.61. The molecule has 0 unspecified atom stereocenters. The Balaban J connectivity index is 2.85. The fourth-order valence-corrected chi connectivity index (χ4v) is 2.51. The molecule has 0 amide bonds. The van der Waals surface area contributed by atoms with E-state index in [4.69, 9.17) is 11.6 Å². The zero-order valence-electron chi connectivity index (χ0n) is 12.0. The molecule has 3 heteroatoms. The van der Waals surface area contributed by atoms with Crippen molar-refractivity contribution >= 4 is 17.3 Å². The SMILES string of the molecule is CCCNCc1cccc(Cl)c1N(C)CC(C)C. The lowest BCUT2D eigenvalue weighted by Gasteiger charge is -2.25. The average molecular weight is 269 g/mol. The van der Waals surface area contributed by atoms with Gasteiger partial charge in [0.1, 0.15) is 0 Å². The van der Waals surface area contributed by atoms with E-state index in [-0.39, 0.29) is 0 Å². The molecule has 1 aromatic rings. The van der Waals surface area contributed by atoms with Gasteiger partial charge < -0.3 is 10.2 Å². The van der Waals surface area contributed by atoms with Gasteiger partial charge >= 0.3 is 0 Å². The van der Waals surface area contributed by atoms with Crippen molar-refractivity contribution in [1.82, 2.24) is 5.32 Å². The number of para-hydroxylation sites is 1. The number of rotatable bonds is 7. The minimum Gasteiger partial charge on any atom is -0.373 e. The van der Waals surface area contributed by atoms with Crippen LogP contribution in [0.5, 0.6) is 0 Å². The molecule has 1 aromatic carbocycles. The summed E-state index contributed by atoms with van der Waals surface area (Å²) < 4.78 is 0. The fraction of sp³-hybridized carbons (Fsp3) is 0.600. The Kier molecular flexibility index (Phi) is 6.51. The van der Waals surface area contributed by atoms with Crippen LogP contribution in [0.15, 0.2) is 18.2 Å². The maximum atomic E-state index is 6.35. The molecular formula is C15H25ClN2. The van der Waals surface area contributed by atoms with Crippen LogP contribution in [-0.2, 0) is 6.54 Å². The minimum atomic E-state index is 0.628. The van der Waals surface area contributed by atoms with E-state index in [1.807, 2.05) is 12.1 Å². The van der Waals surface area contributed by atoms with Crippen molar-refractivity contribution in [3.05, 3.63) is 28.8 Å². The highest BCUT2D eigenvalue weighted by Crippen LogP contribution is 2.29. The molecular weight excluding hydrogens is 244 g/mol. The van der Waals surface area contributed by atoms with Crippen LogP contribution < -0.4 is 10.2 Å². The first kappa shape index (κ1) is 15.3. The molecule has 1 rings (SSSR count). The number of hydrogen-bond acceptors (Lipinski definition) is 2. The van der Waals surface area contributed by atoms with Crippen LogP contribution in [0.25, 0.3) is 0 Å². The van der Waals surface area contributed by atoms with E-state index < -0.39 is 0 Å². The quantitative estimate of drug-likeness (QED) is 0.754. The largest absolute Gasteiger partial charge is 0.373 e.